The molecule has 4 rings (SSSR count). The standard InChI is InChI=1S/C23H24N2O5/c1-14(22(28)25(12-21(26)27)15-10-11-15)24-23(29)30-13-20-18-8-4-2-6-16(18)17-7-3-5-9-19(17)20/h2-9,14-15,20H,10-13H2,1H3,(H,24,29)(H,26,27). The van der Waals surface area contributed by atoms with E-state index in [1.54, 1.807) is 6.92 Å². The van der Waals surface area contributed by atoms with Gasteiger partial charge in [-0.05, 0) is 42.0 Å². The molecule has 156 valence electrons. The molecule has 0 heterocycles. The van der Waals surface area contributed by atoms with Crippen molar-refractivity contribution in [2.45, 2.75) is 37.8 Å². The largest absolute Gasteiger partial charge is 0.480 e. The molecule has 0 radical (unpaired) electrons. The summed E-state index contributed by atoms with van der Waals surface area (Å²) >= 11 is 0. The maximum absolute atomic E-state index is 12.6. The van der Waals surface area contributed by atoms with Crippen molar-refractivity contribution < 1.29 is 24.2 Å². The summed E-state index contributed by atoms with van der Waals surface area (Å²) in [6, 6.07) is 15.2. The zero-order valence-electron chi connectivity index (χ0n) is 16.7. The Balaban J connectivity index is 1.38. The molecule has 2 N–H and O–H groups in total. The Labute approximate surface area is 174 Å². The van der Waals surface area contributed by atoms with E-state index in [9.17, 15) is 14.4 Å². The Morgan fingerprint density at radius 2 is 1.63 bits per heavy atom. The monoisotopic (exact) mass is 408 g/mol. The number of carboxylic acids is 1. The topological polar surface area (TPSA) is 95.9 Å². The van der Waals surface area contributed by atoms with Crippen LogP contribution in [0.4, 0.5) is 4.79 Å². The number of alkyl carbamates (subject to hydrolysis) is 1. The number of carboxylic acid groups (broad SMARTS) is 1. The molecule has 1 unspecified atom stereocenters. The summed E-state index contributed by atoms with van der Waals surface area (Å²) in [4.78, 5) is 37.3. The Morgan fingerprint density at radius 1 is 1.07 bits per heavy atom. The number of fused-ring (bicyclic) bond motifs is 3. The number of rotatable bonds is 7. The molecule has 0 bridgehead atoms. The van der Waals surface area contributed by atoms with E-state index >= 15 is 0 Å². The molecular formula is C23H24N2O5. The molecule has 1 atom stereocenters. The van der Waals surface area contributed by atoms with Gasteiger partial charge in [-0.1, -0.05) is 48.5 Å². The summed E-state index contributed by atoms with van der Waals surface area (Å²) in [6.45, 7) is 1.34. The molecule has 0 spiro atoms. The highest BCUT2D eigenvalue weighted by Crippen LogP contribution is 2.44. The minimum atomic E-state index is -1.07. The van der Waals surface area contributed by atoms with Crippen LogP contribution in [0.1, 0.15) is 36.8 Å². The molecule has 0 saturated heterocycles. The SMILES string of the molecule is CC(NC(=O)OCC1c2ccccc2-c2ccccc21)C(=O)N(CC(=O)O)C1CC1. The Bertz CT molecular complexity index is 940. The van der Waals surface area contributed by atoms with Crippen LogP contribution < -0.4 is 5.32 Å². The average molecular weight is 408 g/mol. The van der Waals surface area contributed by atoms with Crippen molar-refractivity contribution in [3.8, 4) is 11.1 Å². The van der Waals surface area contributed by atoms with Crippen LogP contribution in [0.5, 0.6) is 0 Å². The number of amides is 2. The second-order valence-electron chi connectivity index (χ2n) is 7.78. The highest BCUT2D eigenvalue weighted by molar-refractivity contribution is 5.88. The van der Waals surface area contributed by atoms with E-state index < -0.39 is 24.0 Å². The number of ether oxygens (including phenoxy) is 1. The second-order valence-corrected chi connectivity index (χ2v) is 7.78. The molecular weight excluding hydrogens is 384 g/mol. The number of nitrogens with one attached hydrogen (secondary N) is 1. The van der Waals surface area contributed by atoms with E-state index in [1.807, 2.05) is 36.4 Å². The van der Waals surface area contributed by atoms with E-state index in [0.29, 0.717) is 0 Å². The lowest BCUT2D eigenvalue weighted by molar-refractivity contribution is -0.145. The van der Waals surface area contributed by atoms with E-state index in [0.717, 1.165) is 35.1 Å². The number of hydrogen-bond acceptors (Lipinski definition) is 4. The predicted molar refractivity (Wildman–Crippen MR) is 110 cm³/mol. The number of nitrogens with zero attached hydrogens (tertiary/aromatic N) is 1. The highest BCUT2D eigenvalue weighted by Gasteiger charge is 2.36. The molecule has 0 aliphatic heterocycles. The van der Waals surface area contributed by atoms with Gasteiger partial charge < -0.3 is 20.1 Å². The molecule has 1 fully saturated rings. The molecule has 2 aromatic rings. The quantitative estimate of drug-likeness (QED) is 0.734. The van der Waals surface area contributed by atoms with Crippen LogP contribution >= 0.6 is 0 Å². The smallest absolute Gasteiger partial charge is 0.407 e. The Morgan fingerprint density at radius 3 is 2.17 bits per heavy atom. The first kappa shape index (κ1) is 19.9. The van der Waals surface area contributed by atoms with Crippen LogP contribution in [0.3, 0.4) is 0 Å². The fourth-order valence-corrected chi connectivity index (χ4v) is 4.05. The van der Waals surface area contributed by atoms with Gasteiger partial charge in [0.1, 0.15) is 19.2 Å². The van der Waals surface area contributed by atoms with E-state index in [1.165, 1.54) is 4.90 Å². The van der Waals surface area contributed by atoms with Gasteiger partial charge in [0.05, 0.1) is 0 Å². The Hall–Kier alpha value is -3.35. The van der Waals surface area contributed by atoms with Gasteiger partial charge in [0, 0.05) is 12.0 Å². The van der Waals surface area contributed by atoms with Gasteiger partial charge >= 0.3 is 12.1 Å². The van der Waals surface area contributed by atoms with Gasteiger partial charge in [-0.15, -0.1) is 0 Å². The molecule has 30 heavy (non-hydrogen) atoms. The number of carbonyl (C=O) groups excluding carboxylic acids is 2. The maximum Gasteiger partial charge on any atom is 0.407 e. The minimum absolute atomic E-state index is 0.0552. The van der Waals surface area contributed by atoms with E-state index in [4.69, 9.17) is 9.84 Å². The van der Waals surface area contributed by atoms with Gasteiger partial charge in [0.25, 0.3) is 0 Å². The third kappa shape index (κ3) is 4.01. The predicted octanol–water partition coefficient (Wildman–Crippen LogP) is 2.99. The molecule has 0 aromatic heterocycles. The van der Waals surface area contributed by atoms with Crippen molar-refractivity contribution in [3.05, 3.63) is 59.7 Å². The zero-order valence-corrected chi connectivity index (χ0v) is 16.7. The second kappa shape index (κ2) is 8.18. The first-order valence-corrected chi connectivity index (χ1v) is 10.1. The van der Waals surface area contributed by atoms with Gasteiger partial charge in [0.2, 0.25) is 5.91 Å². The summed E-state index contributed by atoms with van der Waals surface area (Å²) in [7, 11) is 0. The van der Waals surface area contributed by atoms with Crippen molar-refractivity contribution in [2.24, 2.45) is 0 Å². The normalized spacial score (nSPS) is 15.6. The van der Waals surface area contributed by atoms with Crippen molar-refractivity contribution in [1.82, 2.24) is 10.2 Å². The molecule has 2 amide bonds. The van der Waals surface area contributed by atoms with Crippen LogP contribution in [0.2, 0.25) is 0 Å². The molecule has 1 saturated carbocycles. The highest BCUT2D eigenvalue weighted by atomic mass is 16.5. The van der Waals surface area contributed by atoms with Crippen LogP contribution in [0, 0.1) is 0 Å². The average Bonchev–Trinajstić information content (AvgIpc) is 3.52. The zero-order chi connectivity index (χ0) is 21.3. The summed E-state index contributed by atoms with van der Waals surface area (Å²) < 4.78 is 5.46. The number of aliphatic carboxylic acids is 1. The van der Waals surface area contributed by atoms with Crippen molar-refractivity contribution in [1.29, 1.82) is 0 Å². The lowest BCUT2D eigenvalue weighted by Crippen LogP contribution is -2.49. The Kier molecular flexibility index (Phi) is 5.44. The van der Waals surface area contributed by atoms with Crippen LogP contribution in [-0.4, -0.2) is 53.2 Å². The van der Waals surface area contributed by atoms with Gasteiger partial charge in [-0.25, -0.2) is 4.79 Å². The number of hydrogen-bond donors (Lipinski definition) is 2. The minimum Gasteiger partial charge on any atom is -0.480 e. The lowest BCUT2D eigenvalue weighted by atomic mass is 9.98. The third-order valence-corrected chi connectivity index (χ3v) is 5.62. The number of benzene rings is 2. The van der Waals surface area contributed by atoms with Gasteiger partial charge in [-0.2, -0.15) is 0 Å². The van der Waals surface area contributed by atoms with Gasteiger partial charge in [-0.3, -0.25) is 9.59 Å². The van der Waals surface area contributed by atoms with Crippen molar-refractivity contribution in [2.75, 3.05) is 13.2 Å². The molecule has 2 aliphatic carbocycles. The molecule has 2 aromatic carbocycles. The molecule has 2 aliphatic rings. The van der Waals surface area contributed by atoms with E-state index in [-0.39, 0.29) is 25.1 Å². The summed E-state index contributed by atoms with van der Waals surface area (Å²) in [5.41, 5.74) is 4.49. The van der Waals surface area contributed by atoms with Crippen LogP contribution in [0.15, 0.2) is 48.5 Å². The summed E-state index contributed by atoms with van der Waals surface area (Å²) in [5.74, 6) is -1.54. The first-order chi connectivity index (χ1) is 14.5. The molecule has 7 nitrogen and oxygen atoms in total. The summed E-state index contributed by atoms with van der Waals surface area (Å²) in [5, 5.41) is 11.6. The van der Waals surface area contributed by atoms with E-state index in [2.05, 4.69) is 17.4 Å². The fraction of sp³-hybridized carbons (Fsp3) is 0.348. The lowest BCUT2D eigenvalue weighted by Gasteiger charge is -2.24. The van der Waals surface area contributed by atoms with Crippen LogP contribution in [-0.2, 0) is 14.3 Å². The molecule has 7 heteroatoms. The van der Waals surface area contributed by atoms with Crippen molar-refractivity contribution in [3.63, 3.8) is 0 Å². The maximum atomic E-state index is 12.6. The fourth-order valence-electron chi connectivity index (χ4n) is 4.05. The number of carbonyl (C=O) groups is 3. The van der Waals surface area contributed by atoms with Crippen molar-refractivity contribution >= 4 is 18.0 Å². The summed E-state index contributed by atoms with van der Waals surface area (Å²) in [6.07, 6.45) is 0.886. The van der Waals surface area contributed by atoms with Gasteiger partial charge in [0.15, 0.2) is 0 Å². The third-order valence-electron chi connectivity index (χ3n) is 5.62. The van der Waals surface area contributed by atoms with Crippen LogP contribution in [0.25, 0.3) is 11.1 Å². The first-order valence-electron chi connectivity index (χ1n) is 10.1.